The second kappa shape index (κ2) is 8.60. The van der Waals surface area contributed by atoms with Crippen molar-refractivity contribution in [2.45, 2.75) is 25.5 Å². The summed E-state index contributed by atoms with van der Waals surface area (Å²) in [4.78, 5) is 16.8. The summed E-state index contributed by atoms with van der Waals surface area (Å²) in [6, 6.07) is 10.7. The van der Waals surface area contributed by atoms with Gasteiger partial charge in [-0.2, -0.15) is 0 Å². The van der Waals surface area contributed by atoms with Crippen LogP contribution in [0.3, 0.4) is 0 Å². The van der Waals surface area contributed by atoms with Crippen LogP contribution in [0.15, 0.2) is 30.3 Å². The van der Waals surface area contributed by atoms with Gasteiger partial charge in [-0.15, -0.1) is 0 Å². The van der Waals surface area contributed by atoms with E-state index in [2.05, 4.69) is 40.5 Å². The zero-order valence-corrected chi connectivity index (χ0v) is 14.6. The number of amides is 1. The Bertz CT molecular complexity index is 509. The van der Waals surface area contributed by atoms with Gasteiger partial charge in [-0.1, -0.05) is 30.3 Å². The Morgan fingerprint density at radius 3 is 2.71 bits per heavy atom. The molecule has 3 rings (SSSR count). The Balaban J connectivity index is 1.40. The fourth-order valence-corrected chi connectivity index (χ4v) is 3.62. The molecule has 5 nitrogen and oxygen atoms in total. The number of carbonyl (C=O) groups is 1. The number of hydrogen-bond donors (Lipinski definition) is 1. The van der Waals surface area contributed by atoms with Crippen molar-refractivity contribution in [2.75, 3.05) is 46.4 Å². The van der Waals surface area contributed by atoms with Crippen molar-refractivity contribution in [3.8, 4) is 0 Å². The molecule has 1 aromatic carbocycles. The molecular formula is C19H29N3O2. The first-order valence-electron chi connectivity index (χ1n) is 9.06. The summed E-state index contributed by atoms with van der Waals surface area (Å²) in [5.74, 6) is 0.719. The average molecular weight is 331 g/mol. The van der Waals surface area contributed by atoms with Crippen molar-refractivity contribution < 1.29 is 9.53 Å². The van der Waals surface area contributed by atoms with E-state index in [-0.39, 0.29) is 12.0 Å². The number of carbonyl (C=O) groups excluding carboxylic acids is 1. The Morgan fingerprint density at radius 1 is 1.29 bits per heavy atom. The molecule has 1 atom stereocenters. The standard InChI is InChI=1S/C19H29N3O2/c1-21(19(23)18-13-20-9-12-24-18)14-17-7-10-22(11-8-17)15-16-5-3-2-4-6-16/h2-6,17-18,20H,7-15H2,1H3/t18-/m1/s1. The highest BCUT2D eigenvalue weighted by Crippen LogP contribution is 2.20. The quantitative estimate of drug-likeness (QED) is 0.884. The molecule has 5 heteroatoms. The number of likely N-dealkylation sites (tertiary alicyclic amines) is 1. The van der Waals surface area contributed by atoms with Gasteiger partial charge in [-0.3, -0.25) is 9.69 Å². The van der Waals surface area contributed by atoms with Gasteiger partial charge in [-0.05, 0) is 37.4 Å². The molecule has 0 spiro atoms. The molecule has 2 saturated heterocycles. The molecule has 0 saturated carbocycles. The van der Waals surface area contributed by atoms with E-state index >= 15 is 0 Å². The second-order valence-electron chi connectivity index (χ2n) is 6.99. The van der Waals surface area contributed by atoms with Crippen molar-refractivity contribution in [1.82, 2.24) is 15.1 Å². The van der Waals surface area contributed by atoms with Crippen molar-refractivity contribution >= 4 is 5.91 Å². The van der Waals surface area contributed by atoms with Gasteiger partial charge in [0, 0.05) is 33.2 Å². The molecule has 1 aromatic rings. The smallest absolute Gasteiger partial charge is 0.252 e. The molecule has 24 heavy (non-hydrogen) atoms. The zero-order chi connectivity index (χ0) is 16.8. The predicted molar refractivity (Wildman–Crippen MR) is 94.7 cm³/mol. The van der Waals surface area contributed by atoms with E-state index in [1.165, 1.54) is 5.56 Å². The summed E-state index contributed by atoms with van der Waals surface area (Å²) in [6.45, 7) is 6.21. The number of nitrogens with one attached hydrogen (secondary N) is 1. The van der Waals surface area contributed by atoms with Crippen LogP contribution in [0.4, 0.5) is 0 Å². The zero-order valence-electron chi connectivity index (χ0n) is 14.6. The highest BCUT2D eigenvalue weighted by atomic mass is 16.5. The molecule has 1 N–H and O–H groups in total. The molecule has 0 aromatic heterocycles. The number of morpholine rings is 1. The van der Waals surface area contributed by atoms with E-state index in [0.29, 0.717) is 19.1 Å². The number of nitrogens with zero attached hydrogens (tertiary/aromatic N) is 2. The van der Waals surface area contributed by atoms with E-state index in [9.17, 15) is 4.79 Å². The maximum atomic E-state index is 12.4. The van der Waals surface area contributed by atoms with Gasteiger partial charge in [0.2, 0.25) is 0 Å². The second-order valence-corrected chi connectivity index (χ2v) is 6.99. The minimum Gasteiger partial charge on any atom is -0.366 e. The fraction of sp³-hybridized carbons (Fsp3) is 0.632. The van der Waals surface area contributed by atoms with E-state index in [4.69, 9.17) is 4.74 Å². The molecular weight excluding hydrogens is 302 g/mol. The summed E-state index contributed by atoms with van der Waals surface area (Å²) >= 11 is 0. The predicted octanol–water partition coefficient (Wildman–Crippen LogP) is 1.35. The highest BCUT2D eigenvalue weighted by molar-refractivity contribution is 5.81. The lowest BCUT2D eigenvalue weighted by molar-refractivity contribution is -0.144. The number of hydrogen-bond acceptors (Lipinski definition) is 4. The molecule has 0 aliphatic carbocycles. The lowest BCUT2D eigenvalue weighted by Crippen LogP contribution is -2.49. The molecule has 2 aliphatic rings. The third-order valence-electron chi connectivity index (χ3n) is 5.07. The van der Waals surface area contributed by atoms with Crippen molar-refractivity contribution in [3.05, 3.63) is 35.9 Å². The van der Waals surface area contributed by atoms with Crippen LogP contribution in [-0.4, -0.2) is 68.2 Å². The minimum absolute atomic E-state index is 0.119. The molecule has 0 bridgehead atoms. The van der Waals surface area contributed by atoms with Crippen LogP contribution in [0.2, 0.25) is 0 Å². The normalized spacial score (nSPS) is 23.1. The summed E-state index contributed by atoms with van der Waals surface area (Å²) in [5.41, 5.74) is 1.38. The Kier molecular flexibility index (Phi) is 6.24. The third-order valence-corrected chi connectivity index (χ3v) is 5.07. The largest absolute Gasteiger partial charge is 0.366 e. The summed E-state index contributed by atoms with van der Waals surface area (Å²) in [7, 11) is 1.91. The van der Waals surface area contributed by atoms with Crippen LogP contribution in [0.25, 0.3) is 0 Å². The Morgan fingerprint density at radius 2 is 2.04 bits per heavy atom. The van der Waals surface area contributed by atoms with E-state index in [1.54, 1.807) is 0 Å². The number of ether oxygens (including phenoxy) is 1. The van der Waals surface area contributed by atoms with Crippen LogP contribution < -0.4 is 5.32 Å². The van der Waals surface area contributed by atoms with Gasteiger partial charge >= 0.3 is 0 Å². The first-order valence-corrected chi connectivity index (χ1v) is 9.06. The molecule has 0 radical (unpaired) electrons. The van der Waals surface area contributed by atoms with Gasteiger partial charge in [0.25, 0.3) is 5.91 Å². The van der Waals surface area contributed by atoms with Crippen LogP contribution >= 0.6 is 0 Å². The fourth-order valence-electron chi connectivity index (χ4n) is 3.62. The molecule has 132 valence electrons. The number of benzene rings is 1. The van der Waals surface area contributed by atoms with Crippen LogP contribution in [0, 0.1) is 5.92 Å². The molecule has 1 amide bonds. The van der Waals surface area contributed by atoms with Crippen molar-refractivity contribution in [1.29, 1.82) is 0 Å². The first kappa shape index (κ1) is 17.4. The SMILES string of the molecule is CN(CC1CCN(Cc2ccccc2)CC1)C(=O)[C@H]1CNCCO1. The highest BCUT2D eigenvalue weighted by Gasteiger charge is 2.27. The maximum Gasteiger partial charge on any atom is 0.252 e. The van der Waals surface area contributed by atoms with Gasteiger partial charge < -0.3 is 15.0 Å². The first-order chi connectivity index (χ1) is 11.7. The van der Waals surface area contributed by atoms with Crippen molar-refractivity contribution in [2.24, 2.45) is 5.92 Å². The maximum absolute atomic E-state index is 12.4. The molecule has 0 unspecified atom stereocenters. The minimum atomic E-state index is -0.304. The average Bonchev–Trinajstić information content (AvgIpc) is 2.64. The Hall–Kier alpha value is -1.43. The van der Waals surface area contributed by atoms with Crippen LogP contribution in [0.1, 0.15) is 18.4 Å². The molecule has 2 fully saturated rings. The number of rotatable bonds is 5. The third kappa shape index (κ3) is 4.79. The van der Waals surface area contributed by atoms with Gasteiger partial charge in [0.05, 0.1) is 6.61 Å². The van der Waals surface area contributed by atoms with E-state index < -0.39 is 0 Å². The number of likely N-dealkylation sites (N-methyl/N-ethyl adjacent to an activating group) is 1. The monoisotopic (exact) mass is 331 g/mol. The summed E-state index contributed by atoms with van der Waals surface area (Å²) in [5, 5.41) is 3.22. The van der Waals surface area contributed by atoms with E-state index in [1.807, 2.05) is 11.9 Å². The van der Waals surface area contributed by atoms with Crippen molar-refractivity contribution in [3.63, 3.8) is 0 Å². The summed E-state index contributed by atoms with van der Waals surface area (Å²) < 4.78 is 5.57. The van der Waals surface area contributed by atoms with Gasteiger partial charge in [0.1, 0.15) is 6.10 Å². The van der Waals surface area contributed by atoms with Gasteiger partial charge in [0.15, 0.2) is 0 Å². The summed E-state index contributed by atoms with van der Waals surface area (Å²) in [6.07, 6.45) is 2.02. The lowest BCUT2D eigenvalue weighted by Gasteiger charge is -2.35. The van der Waals surface area contributed by atoms with Crippen LogP contribution in [-0.2, 0) is 16.1 Å². The lowest BCUT2D eigenvalue weighted by atomic mass is 9.95. The molecule has 2 heterocycles. The molecule has 2 aliphatic heterocycles. The number of piperidine rings is 1. The van der Waals surface area contributed by atoms with E-state index in [0.717, 1.165) is 45.6 Å². The Labute approximate surface area is 145 Å². The topological polar surface area (TPSA) is 44.8 Å². The van der Waals surface area contributed by atoms with Crippen LogP contribution in [0.5, 0.6) is 0 Å². The van der Waals surface area contributed by atoms with Gasteiger partial charge in [-0.25, -0.2) is 0 Å².